The van der Waals surface area contributed by atoms with E-state index in [-0.39, 0.29) is 18.0 Å². The molecular formula is C23H28FN3O2. The number of carbonyl (C=O) groups is 1. The molecule has 2 aromatic carbocycles. The first-order valence-corrected chi connectivity index (χ1v) is 10.5. The molecule has 0 aromatic heterocycles. The van der Waals surface area contributed by atoms with Crippen LogP contribution in [-0.2, 0) is 0 Å². The zero-order valence-corrected chi connectivity index (χ0v) is 16.6. The Kier molecular flexibility index (Phi) is 6.30. The Morgan fingerprint density at radius 2 is 1.55 bits per heavy atom. The Morgan fingerprint density at radius 3 is 2.24 bits per heavy atom. The molecule has 0 unspecified atom stereocenters. The second-order valence-corrected chi connectivity index (χ2v) is 7.80. The lowest BCUT2D eigenvalue weighted by molar-refractivity contribution is 0.0529. The number of halogens is 1. The molecule has 2 aliphatic rings. The molecule has 2 amide bonds. The second kappa shape index (κ2) is 9.27. The van der Waals surface area contributed by atoms with Gasteiger partial charge in [-0.05, 0) is 49.9 Å². The zero-order valence-electron chi connectivity index (χ0n) is 16.6. The fraction of sp³-hybridized carbons (Fsp3) is 0.435. The first kappa shape index (κ1) is 19.7. The molecular weight excluding hydrogens is 369 g/mol. The van der Waals surface area contributed by atoms with Crippen molar-refractivity contribution in [3.05, 3.63) is 60.4 Å². The van der Waals surface area contributed by atoms with E-state index in [2.05, 4.69) is 10.2 Å². The monoisotopic (exact) mass is 397 g/mol. The highest BCUT2D eigenvalue weighted by molar-refractivity contribution is 5.89. The van der Waals surface area contributed by atoms with E-state index in [4.69, 9.17) is 4.74 Å². The van der Waals surface area contributed by atoms with Crippen LogP contribution in [0.5, 0.6) is 5.75 Å². The SMILES string of the molecule is O=C(Nc1ccccc1)N1CCC(N2CCC(Oc3ccccc3F)CC2)CC1. The number of likely N-dealkylation sites (tertiary alicyclic amines) is 2. The number of carbonyl (C=O) groups excluding carboxylic acids is 1. The number of benzene rings is 2. The molecule has 4 rings (SSSR count). The van der Waals surface area contributed by atoms with Crippen molar-refractivity contribution in [2.45, 2.75) is 37.8 Å². The van der Waals surface area contributed by atoms with Crippen LogP contribution < -0.4 is 10.1 Å². The van der Waals surface area contributed by atoms with E-state index in [9.17, 15) is 9.18 Å². The number of ether oxygens (including phenoxy) is 1. The molecule has 2 aliphatic heterocycles. The Bertz CT molecular complexity index is 801. The highest BCUT2D eigenvalue weighted by atomic mass is 19.1. The van der Waals surface area contributed by atoms with Crippen molar-refractivity contribution in [1.82, 2.24) is 9.80 Å². The van der Waals surface area contributed by atoms with Crippen molar-refractivity contribution >= 4 is 11.7 Å². The second-order valence-electron chi connectivity index (χ2n) is 7.80. The third-order valence-corrected chi connectivity index (χ3v) is 5.90. The van der Waals surface area contributed by atoms with Gasteiger partial charge in [0, 0.05) is 37.9 Å². The van der Waals surface area contributed by atoms with Gasteiger partial charge in [0.2, 0.25) is 0 Å². The molecule has 0 radical (unpaired) electrons. The number of anilines is 1. The molecule has 2 aromatic rings. The normalized spacial score (nSPS) is 19.1. The van der Waals surface area contributed by atoms with Crippen molar-refractivity contribution in [1.29, 1.82) is 0 Å². The van der Waals surface area contributed by atoms with Gasteiger partial charge in [-0.25, -0.2) is 9.18 Å². The molecule has 0 aliphatic carbocycles. The number of hydrogen-bond donors (Lipinski definition) is 1. The van der Waals surface area contributed by atoms with Gasteiger partial charge in [0.25, 0.3) is 0 Å². The number of piperidine rings is 2. The van der Waals surface area contributed by atoms with E-state index in [0.29, 0.717) is 11.8 Å². The van der Waals surface area contributed by atoms with Gasteiger partial charge in [0.15, 0.2) is 11.6 Å². The Balaban J connectivity index is 1.21. The topological polar surface area (TPSA) is 44.8 Å². The zero-order chi connectivity index (χ0) is 20.1. The maximum Gasteiger partial charge on any atom is 0.321 e. The largest absolute Gasteiger partial charge is 0.487 e. The lowest BCUT2D eigenvalue weighted by Gasteiger charge is -2.41. The number of nitrogens with one attached hydrogen (secondary N) is 1. The summed E-state index contributed by atoms with van der Waals surface area (Å²) in [6, 6.07) is 16.7. The van der Waals surface area contributed by atoms with E-state index in [1.54, 1.807) is 18.2 Å². The van der Waals surface area contributed by atoms with Crippen molar-refractivity contribution in [3.63, 3.8) is 0 Å². The van der Waals surface area contributed by atoms with Crippen LogP contribution >= 0.6 is 0 Å². The van der Waals surface area contributed by atoms with Crippen LogP contribution in [-0.4, -0.2) is 54.2 Å². The van der Waals surface area contributed by atoms with Gasteiger partial charge in [-0.15, -0.1) is 0 Å². The van der Waals surface area contributed by atoms with E-state index in [0.717, 1.165) is 57.5 Å². The summed E-state index contributed by atoms with van der Waals surface area (Å²) in [6.07, 6.45) is 3.86. The third kappa shape index (κ3) is 5.07. The highest BCUT2D eigenvalue weighted by Crippen LogP contribution is 2.25. The standard InChI is InChI=1S/C23H28FN3O2/c24-21-8-4-5-9-22(21)29-20-12-16-26(17-13-20)19-10-14-27(15-11-19)23(28)25-18-6-2-1-3-7-18/h1-9,19-20H,10-17H2,(H,25,28). The van der Waals surface area contributed by atoms with Gasteiger partial charge in [-0.1, -0.05) is 30.3 Å². The molecule has 2 saturated heterocycles. The minimum atomic E-state index is -0.295. The van der Waals surface area contributed by atoms with Crippen molar-refractivity contribution < 1.29 is 13.9 Å². The fourth-order valence-corrected chi connectivity index (χ4v) is 4.24. The van der Waals surface area contributed by atoms with Gasteiger partial charge in [0.1, 0.15) is 6.10 Å². The van der Waals surface area contributed by atoms with Crippen molar-refractivity contribution in [3.8, 4) is 5.75 Å². The number of amides is 2. The highest BCUT2D eigenvalue weighted by Gasteiger charge is 2.30. The predicted molar refractivity (Wildman–Crippen MR) is 112 cm³/mol. The molecule has 29 heavy (non-hydrogen) atoms. The van der Waals surface area contributed by atoms with Crippen molar-refractivity contribution in [2.24, 2.45) is 0 Å². The quantitative estimate of drug-likeness (QED) is 0.834. The minimum absolute atomic E-state index is 0.0216. The maximum absolute atomic E-state index is 13.8. The van der Waals surface area contributed by atoms with Crippen LogP contribution in [0.1, 0.15) is 25.7 Å². The summed E-state index contributed by atoms with van der Waals surface area (Å²) in [4.78, 5) is 16.9. The fourth-order valence-electron chi connectivity index (χ4n) is 4.24. The van der Waals surface area contributed by atoms with Crippen LogP contribution in [0.2, 0.25) is 0 Å². The van der Waals surface area contributed by atoms with Gasteiger partial charge in [-0.2, -0.15) is 0 Å². The first-order valence-electron chi connectivity index (χ1n) is 10.5. The molecule has 0 bridgehead atoms. The summed E-state index contributed by atoms with van der Waals surface area (Å²) >= 11 is 0. The Labute approximate surface area is 171 Å². The maximum atomic E-state index is 13.8. The number of para-hydroxylation sites is 2. The van der Waals surface area contributed by atoms with Crippen LogP contribution in [0.3, 0.4) is 0 Å². The van der Waals surface area contributed by atoms with Crippen LogP contribution in [0.25, 0.3) is 0 Å². The van der Waals surface area contributed by atoms with Crippen molar-refractivity contribution in [2.75, 3.05) is 31.5 Å². The number of urea groups is 1. The summed E-state index contributed by atoms with van der Waals surface area (Å²) < 4.78 is 19.6. The number of rotatable bonds is 4. The lowest BCUT2D eigenvalue weighted by Crippen LogP contribution is -2.50. The Hall–Kier alpha value is -2.60. The molecule has 6 heteroatoms. The van der Waals surface area contributed by atoms with Gasteiger partial charge in [0.05, 0.1) is 0 Å². The molecule has 2 heterocycles. The summed E-state index contributed by atoms with van der Waals surface area (Å²) in [5.41, 5.74) is 0.830. The smallest absolute Gasteiger partial charge is 0.321 e. The van der Waals surface area contributed by atoms with E-state index in [1.165, 1.54) is 6.07 Å². The molecule has 5 nitrogen and oxygen atoms in total. The molecule has 2 fully saturated rings. The average molecular weight is 397 g/mol. The summed E-state index contributed by atoms with van der Waals surface area (Å²) in [6.45, 7) is 3.46. The molecule has 0 saturated carbocycles. The van der Waals surface area contributed by atoms with Gasteiger partial charge >= 0.3 is 6.03 Å². The first-order chi connectivity index (χ1) is 14.2. The van der Waals surface area contributed by atoms with E-state index < -0.39 is 0 Å². The van der Waals surface area contributed by atoms with Crippen LogP contribution in [0.15, 0.2) is 54.6 Å². The molecule has 1 N–H and O–H groups in total. The predicted octanol–water partition coefficient (Wildman–Crippen LogP) is 4.37. The van der Waals surface area contributed by atoms with Gasteiger partial charge in [-0.3, -0.25) is 4.90 Å². The molecule has 154 valence electrons. The van der Waals surface area contributed by atoms with E-state index in [1.807, 2.05) is 35.2 Å². The summed E-state index contributed by atoms with van der Waals surface area (Å²) in [5, 5.41) is 2.97. The van der Waals surface area contributed by atoms with E-state index >= 15 is 0 Å². The molecule has 0 atom stereocenters. The lowest BCUT2D eigenvalue weighted by atomic mass is 9.99. The minimum Gasteiger partial charge on any atom is -0.487 e. The number of hydrogen-bond acceptors (Lipinski definition) is 3. The summed E-state index contributed by atoms with van der Waals surface area (Å²) in [5.74, 6) is 0.0553. The van der Waals surface area contributed by atoms with Crippen LogP contribution in [0.4, 0.5) is 14.9 Å². The van der Waals surface area contributed by atoms with Crippen LogP contribution in [0, 0.1) is 5.82 Å². The Morgan fingerprint density at radius 1 is 0.897 bits per heavy atom. The third-order valence-electron chi connectivity index (χ3n) is 5.90. The average Bonchev–Trinajstić information content (AvgIpc) is 2.77. The van der Waals surface area contributed by atoms with Gasteiger partial charge < -0.3 is 15.0 Å². The number of nitrogens with zero attached hydrogens (tertiary/aromatic N) is 2. The molecule has 0 spiro atoms. The summed E-state index contributed by atoms with van der Waals surface area (Å²) in [7, 11) is 0.